The van der Waals surface area contributed by atoms with Gasteiger partial charge in [0.15, 0.2) is 9.84 Å². The van der Waals surface area contributed by atoms with Gasteiger partial charge in [-0.1, -0.05) is 27.5 Å². The zero-order valence-corrected chi connectivity index (χ0v) is 13.2. The van der Waals surface area contributed by atoms with Gasteiger partial charge in [-0.2, -0.15) is 0 Å². The maximum Gasteiger partial charge on any atom is 0.252 e. The van der Waals surface area contributed by atoms with Crippen LogP contribution in [0.1, 0.15) is 23.2 Å². The second kappa shape index (κ2) is 5.81. The molecule has 1 aliphatic heterocycles. The molecule has 4 nitrogen and oxygen atoms in total. The van der Waals surface area contributed by atoms with Gasteiger partial charge in [-0.25, -0.2) is 8.42 Å². The lowest BCUT2D eigenvalue weighted by Gasteiger charge is -2.11. The van der Waals surface area contributed by atoms with E-state index < -0.39 is 15.1 Å². The Morgan fingerprint density at radius 3 is 2.84 bits per heavy atom. The lowest BCUT2D eigenvalue weighted by molar-refractivity contribution is 0.0953. The van der Waals surface area contributed by atoms with Crippen LogP contribution in [0.5, 0.6) is 0 Å². The van der Waals surface area contributed by atoms with Crippen molar-refractivity contribution in [2.24, 2.45) is 0 Å². The van der Waals surface area contributed by atoms with Crippen molar-refractivity contribution in [2.45, 2.75) is 18.1 Å². The fourth-order valence-corrected chi connectivity index (χ4v) is 4.39. The molecule has 1 amide bonds. The average molecular weight is 367 g/mol. The monoisotopic (exact) mass is 365 g/mol. The van der Waals surface area contributed by atoms with Crippen LogP contribution < -0.4 is 5.32 Å². The number of sulfone groups is 1. The van der Waals surface area contributed by atoms with Crippen molar-refractivity contribution in [1.82, 2.24) is 5.32 Å². The first-order valence-corrected chi connectivity index (χ1v) is 8.73. The Hall–Kier alpha value is -0.590. The van der Waals surface area contributed by atoms with Crippen molar-refractivity contribution in [3.05, 3.63) is 33.3 Å². The predicted octanol–water partition coefficient (Wildman–Crippen LogP) is 2.41. The molecule has 7 heteroatoms. The summed E-state index contributed by atoms with van der Waals surface area (Å²) in [5.41, 5.74) is 0.339. The van der Waals surface area contributed by atoms with E-state index in [0.29, 0.717) is 23.4 Å². The number of benzene rings is 1. The molecule has 0 aliphatic carbocycles. The zero-order chi connectivity index (χ0) is 14.0. The Labute approximate surface area is 125 Å². The molecule has 1 saturated heterocycles. The Morgan fingerprint density at radius 1 is 1.47 bits per heavy atom. The SMILES string of the molecule is O=C(NCC1CCCS1(=O)=O)c1cc(Br)ccc1Cl. The molecule has 1 aromatic carbocycles. The minimum atomic E-state index is -3.04. The minimum absolute atomic E-state index is 0.143. The van der Waals surface area contributed by atoms with Crippen LogP contribution >= 0.6 is 27.5 Å². The fourth-order valence-electron chi connectivity index (χ4n) is 2.06. The summed E-state index contributed by atoms with van der Waals surface area (Å²) in [6.07, 6.45) is 1.27. The summed E-state index contributed by atoms with van der Waals surface area (Å²) in [4.78, 5) is 12.0. The third-order valence-corrected chi connectivity index (χ3v) is 6.22. The Kier molecular flexibility index (Phi) is 4.53. The van der Waals surface area contributed by atoms with Crippen LogP contribution in [0.2, 0.25) is 5.02 Å². The summed E-state index contributed by atoms with van der Waals surface area (Å²) in [6.45, 7) is 0.143. The Bertz CT molecular complexity index is 603. The third-order valence-electron chi connectivity index (χ3n) is 3.13. The maximum atomic E-state index is 12.0. The van der Waals surface area contributed by atoms with E-state index in [9.17, 15) is 13.2 Å². The van der Waals surface area contributed by atoms with Crippen molar-refractivity contribution in [3.8, 4) is 0 Å². The van der Waals surface area contributed by atoms with E-state index in [1.807, 2.05) is 0 Å². The number of rotatable bonds is 3. The van der Waals surface area contributed by atoms with E-state index in [1.165, 1.54) is 0 Å². The molecule has 1 unspecified atom stereocenters. The number of nitrogens with one attached hydrogen (secondary N) is 1. The molecule has 0 aromatic heterocycles. The van der Waals surface area contributed by atoms with Gasteiger partial charge in [0, 0.05) is 11.0 Å². The molecule has 1 atom stereocenters. The summed E-state index contributed by atoms with van der Waals surface area (Å²) in [6, 6.07) is 4.97. The van der Waals surface area contributed by atoms with Crippen molar-refractivity contribution >= 4 is 43.3 Å². The normalized spacial score (nSPS) is 21.3. The van der Waals surface area contributed by atoms with Crippen LogP contribution in [0.4, 0.5) is 0 Å². The number of hydrogen-bond acceptors (Lipinski definition) is 3. The summed E-state index contributed by atoms with van der Waals surface area (Å²) in [7, 11) is -3.04. The number of carbonyl (C=O) groups excluding carboxylic acids is 1. The predicted molar refractivity (Wildman–Crippen MR) is 78.3 cm³/mol. The number of halogens is 2. The van der Waals surface area contributed by atoms with Crippen LogP contribution in [0.25, 0.3) is 0 Å². The maximum absolute atomic E-state index is 12.0. The first kappa shape index (κ1) is 14.8. The summed E-state index contributed by atoms with van der Waals surface area (Å²) < 4.78 is 24.0. The molecule has 0 spiro atoms. The van der Waals surface area contributed by atoms with Gasteiger partial charge in [0.25, 0.3) is 5.91 Å². The van der Waals surface area contributed by atoms with Gasteiger partial charge in [0.05, 0.1) is 21.6 Å². The number of hydrogen-bond donors (Lipinski definition) is 1. The van der Waals surface area contributed by atoms with Crippen molar-refractivity contribution in [2.75, 3.05) is 12.3 Å². The van der Waals surface area contributed by atoms with Crippen LogP contribution in [-0.2, 0) is 9.84 Å². The zero-order valence-electron chi connectivity index (χ0n) is 10.0. The van der Waals surface area contributed by atoms with Gasteiger partial charge in [0.1, 0.15) is 0 Å². The van der Waals surface area contributed by atoms with E-state index in [4.69, 9.17) is 11.6 Å². The molecular weight excluding hydrogens is 354 g/mol. The molecule has 1 heterocycles. The van der Waals surface area contributed by atoms with Gasteiger partial charge < -0.3 is 5.32 Å². The van der Waals surface area contributed by atoms with Gasteiger partial charge >= 0.3 is 0 Å². The fraction of sp³-hybridized carbons (Fsp3) is 0.417. The first-order chi connectivity index (χ1) is 8.90. The molecular formula is C12H13BrClNO3S. The highest BCUT2D eigenvalue weighted by Crippen LogP contribution is 2.22. The molecule has 1 aromatic rings. The van der Waals surface area contributed by atoms with E-state index in [0.717, 1.165) is 4.47 Å². The molecule has 0 radical (unpaired) electrons. The molecule has 0 saturated carbocycles. The highest BCUT2D eigenvalue weighted by atomic mass is 79.9. The lowest BCUT2D eigenvalue weighted by Crippen LogP contribution is -2.34. The molecule has 0 bridgehead atoms. The molecule has 1 fully saturated rings. The third kappa shape index (κ3) is 3.49. The Balaban J connectivity index is 2.04. The van der Waals surface area contributed by atoms with Crippen LogP contribution in [0.3, 0.4) is 0 Å². The molecule has 1 aliphatic rings. The molecule has 104 valence electrons. The minimum Gasteiger partial charge on any atom is -0.351 e. The van der Waals surface area contributed by atoms with Crippen LogP contribution in [0, 0.1) is 0 Å². The van der Waals surface area contributed by atoms with Crippen molar-refractivity contribution < 1.29 is 13.2 Å². The quantitative estimate of drug-likeness (QED) is 0.893. The molecule has 19 heavy (non-hydrogen) atoms. The first-order valence-electron chi connectivity index (χ1n) is 5.85. The number of carbonyl (C=O) groups is 1. The van der Waals surface area contributed by atoms with E-state index in [1.54, 1.807) is 18.2 Å². The summed E-state index contributed by atoms with van der Waals surface area (Å²) in [5, 5.41) is 2.51. The lowest BCUT2D eigenvalue weighted by atomic mass is 10.2. The highest BCUT2D eigenvalue weighted by molar-refractivity contribution is 9.10. The van der Waals surface area contributed by atoms with Crippen molar-refractivity contribution in [3.63, 3.8) is 0 Å². The summed E-state index contributed by atoms with van der Waals surface area (Å²) in [5.74, 6) is -0.140. The highest BCUT2D eigenvalue weighted by Gasteiger charge is 2.31. The second-order valence-corrected chi connectivity index (χ2v) is 8.19. The van der Waals surface area contributed by atoms with Crippen LogP contribution in [0.15, 0.2) is 22.7 Å². The van der Waals surface area contributed by atoms with Crippen molar-refractivity contribution in [1.29, 1.82) is 0 Å². The van der Waals surface area contributed by atoms with Gasteiger partial charge in [0.2, 0.25) is 0 Å². The van der Waals surface area contributed by atoms with Gasteiger partial charge in [-0.3, -0.25) is 4.79 Å². The van der Waals surface area contributed by atoms with Crippen LogP contribution in [-0.4, -0.2) is 31.9 Å². The van der Waals surface area contributed by atoms with E-state index in [2.05, 4.69) is 21.2 Å². The topological polar surface area (TPSA) is 63.2 Å². The van der Waals surface area contributed by atoms with Gasteiger partial charge in [-0.05, 0) is 31.0 Å². The standard InChI is InChI=1S/C12H13BrClNO3S/c13-8-3-4-11(14)10(6-8)12(16)15-7-9-2-1-5-19(9,17)18/h3-4,6,9H,1-2,5,7H2,(H,15,16). The number of amides is 1. The molecule has 2 rings (SSSR count). The molecule has 1 N–H and O–H groups in total. The van der Waals surface area contributed by atoms with E-state index >= 15 is 0 Å². The largest absolute Gasteiger partial charge is 0.351 e. The smallest absolute Gasteiger partial charge is 0.252 e. The van der Waals surface area contributed by atoms with Gasteiger partial charge in [-0.15, -0.1) is 0 Å². The summed E-state index contributed by atoms with van der Waals surface area (Å²) >= 11 is 9.21. The van der Waals surface area contributed by atoms with E-state index in [-0.39, 0.29) is 18.2 Å². The Morgan fingerprint density at radius 2 is 2.21 bits per heavy atom. The second-order valence-electron chi connectivity index (χ2n) is 4.47. The average Bonchev–Trinajstić information content (AvgIpc) is 2.68.